The van der Waals surface area contributed by atoms with E-state index < -0.39 is 0 Å². The molecule has 27 heavy (non-hydrogen) atoms. The van der Waals surface area contributed by atoms with E-state index in [1.165, 1.54) is 11.6 Å². The fourth-order valence-corrected chi connectivity index (χ4v) is 3.43. The van der Waals surface area contributed by atoms with E-state index in [1.807, 2.05) is 38.1 Å². The van der Waals surface area contributed by atoms with Crippen molar-refractivity contribution in [3.8, 4) is 0 Å². The molecule has 0 saturated heterocycles. The van der Waals surface area contributed by atoms with E-state index in [4.69, 9.17) is 11.6 Å². The predicted octanol–water partition coefficient (Wildman–Crippen LogP) is 7.19. The van der Waals surface area contributed by atoms with E-state index in [1.54, 1.807) is 18.5 Å². The number of fused-ring (bicyclic) bond motifs is 2. The Bertz CT molecular complexity index is 1170. The van der Waals surface area contributed by atoms with Gasteiger partial charge in [0.15, 0.2) is 5.43 Å². The van der Waals surface area contributed by atoms with Gasteiger partial charge in [-0.15, -0.1) is 0 Å². The van der Waals surface area contributed by atoms with Gasteiger partial charge in [0, 0.05) is 38.2 Å². The van der Waals surface area contributed by atoms with E-state index in [9.17, 15) is 4.79 Å². The Morgan fingerprint density at radius 1 is 0.963 bits per heavy atom. The second-order valence-corrected chi connectivity index (χ2v) is 8.02. The first-order chi connectivity index (χ1) is 12.4. The molecule has 0 bridgehead atoms. The van der Waals surface area contributed by atoms with Gasteiger partial charge < -0.3 is 4.98 Å². The van der Waals surface area contributed by atoms with Gasteiger partial charge in [-0.3, -0.25) is 9.78 Å². The summed E-state index contributed by atoms with van der Waals surface area (Å²) in [6, 6.07) is 11.2. The van der Waals surface area contributed by atoms with E-state index >= 15 is 0 Å². The average Bonchev–Trinajstić information content (AvgIpc) is 2.60. The lowest BCUT2D eigenvalue weighted by Crippen LogP contribution is -2.00. The molecule has 3 nitrogen and oxygen atoms in total. The van der Waals surface area contributed by atoms with Crippen LogP contribution in [0, 0.1) is 13.8 Å². The van der Waals surface area contributed by atoms with Gasteiger partial charge in [0.1, 0.15) is 0 Å². The summed E-state index contributed by atoms with van der Waals surface area (Å²) in [5, 5.41) is 2.49. The number of hydrogen-bond acceptors (Lipinski definition) is 2. The third kappa shape index (κ3) is 4.78. The first-order valence-electron chi connectivity index (χ1n) is 7.84. The number of pyridine rings is 2. The summed E-state index contributed by atoms with van der Waals surface area (Å²) in [5.74, 6) is 0. The summed E-state index contributed by atoms with van der Waals surface area (Å²) in [6.07, 6.45) is 3.37. The number of rotatable bonds is 0. The molecule has 4 aromatic rings. The lowest BCUT2D eigenvalue weighted by Gasteiger charge is -2.02. The van der Waals surface area contributed by atoms with Crippen molar-refractivity contribution in [1.29, 1.82) is 0 Å². The van der Waals surface area contributed by atoms with Crippen LogP contribution in [-0.2, 0) is 0 Å². The predicted molar refractivity (Wildman–Crippen MR) is 123 cm³/mol. The number of nitrogens with one attached hydrogen (secondary N) is 1. The van der Waals surface area contributed by atoms with E-state index in [2.05, 4.69) is 41.8 Å². The third-order valence-electron chi connectivity index (χ3n) is 4.01. The molecule has 0 amide bonds. The van der Waals surface area contributed by atoms with Crippen LogP contribution in [-0.4, -0.2) is 9.97 Å². The first-order valence-corrected chi connectivity index (χ1v) is 9.81. The average molecular weight is 511 g/mol. The van der Waals surface area contributed by atoms with Crippen molar-refractivity contribution in [3.05, 3.63) is 84.1 Å². The molecular weight excluding hydrogens is 492 g/mol. The van der Waals surface area contributed by atoms with Crippen LogP contribution < -0.4 is 5.43 Å². The number of hydrogen-bond donors (Lipinski definition) is 1. The van der Waals surface area contributed by atoms with Crippen LogP contribution in [0.25, 0.3) is 21.8 Å². The van der Waals surface area contributed by atoms with Crippen LogP contribution in [0.3, 0.4) is 0 Å². The number of nitrogens with zero attached hydrogens (tertiary/aromatic N) is 1. The quantitative estimate of drug-likeness (QED) is 0.272. The summed E-state index contributed by atoms with van der Waals surface area (Å²) in [6.45, 7) is 4.00. The first kappa shape index (κ1) is 21.6. The molecule has 0 atom stereocenters. The van der Waals surface area contributed by atoms with Gasteiger partial charge >= 0.3 is 0 Å². The van der Waals surface area contributed by atoms with Gasteiger partial charge in [0.2, 0.25) is 0 Å². The molecule has 140 valence electrons. The number of aryl methyl sites for hydroxylation is 2. The molecule has 0 saturated carbocycles. The molecule has 0 aliphatic carbocycles. The van der Waals surface area contributed by atoms with E-state index in [-0.39, 0.29) is 12.9 Å². The largest absolute Gasteiger partial charge is 0.361 e. The Labute approximate surface area is 180 Å². The topological polar surface area (TPSA) is 45.8 Å². The van der Waals surface area contributed by atoms with Gasteiger partial charge in [0.05, 0.1) is 16.1 Å². The van der Waals surface area contributed by atoms with Crippen molar-refractivity contribution >= 4 is 65.3 Å². The van der Waals surface area contributed by atoms with Gasteiger partial charge in [-0.2, -0.15) is 0 Å². The Hall–Kier alpha value is -1.69. The van der Waals surface area contributed by atoms with Crippen LogP contribution in [0.1, 0.15) is 18.6 Å². The van der Waals surface area contributed by atoms with Crippen LogP contribution in [0.15, 0.2) is 62.5 Å². The molecule has 1 N–H and O–H groups in total. The van der Waals surface area contributed by atoms with Crippen LogP contribution >= 0.6 is 43.5 Å². The number of H-pyrrole nitrogens is 1. The summed E-state index contributed by atoms with van der Waals surface area (Å²) in [4.78, 5) is 18.7. The summed E-state index contributed by atoms with van der Waals surface area (Å²) < 4.78 is 2.08. The second kappa shape index (κ2) is 9.00. The molecule has 0 spiro atoms. The van der Waals surface area contributed by atoms with Gasteiger partial charge in [-0.1, -0.05) is 50.9 Å². The number of aromatic nitrogens is 2. The Balaban J connectivity index is 0.000000187. The maximum atomic E-state index is 11.4. The molecule has 2 aromatic carbocycles. The monoisotopic (exact) mass is 508 g/mol. The molecule has 0 aliphatic rings. The maximum absolute atomic E-state index is 11.4. The minimum atomic E-state index is 0. The number of benzene rings is 2. The van der Waals surface area contributed by atoms with Crippen LogP contribution in [0.4, 0.5) is 0 Å². The maximum Gasteiger partial charge on any atom is 0.189 e. The summed E-state index contributed by atoms with van der Waals surface area (Å²) in [7, 11) is 0. The Kier molecular flexibility index (Phi) is 7.20. The molecule has 2 heterocycles. The smallest absolute Gasteiger partial charge is 0.189 e. The van der Waals surface area contributed by atoms with Crippen molar-refractivity contribution in [1.82, 2.24) is 9.97 Å². The van der Waals surface area contributed by atoms with Gasteiger partial charge in [-0.05, 0) is 55.3 Å². The van der Waals surface area contributed by atoms with Crippen LogP contribution in [0.2, 0.25) is 5.02 Å². The zero-order chi connectivity index (χ0) is 18.8. The standard InChI is InChI=1S/C10H7BrClN.C10H8BrNO.CH4/c1-6-4-7-9(12)2-3-13-10(7)5-8(6)11;1-6-4-7-9(5-8(6)11)12-3-2-10(7)13;/h2-5H,1H3;2-5H,1H3,(H,12,13);1H4. The van der Waals surface area contributed by atoms with Crippen molar-refractivity contribution in [2.45, 2.75) is 21.3 Å². The zero-order valence-corrected chi connectivity index (χ0v) is 18.0. The normalized spacial score (nSPS) is 10.3. The SMILES string of the molecule is C.Cc1cc2c(=O)cc[nH]c2cc1Br.Cc1cc2c(Cl)ccnc2cc1Br. The summed E-state index contributed by atoms with van der Waals surface area (Å²) >= 11 is 12.9. The molecule has 4 rings (SSSR count). The second-order valence-electron chi connectivity index (χ2n) is 5.90. The lowest BCUT2D eigenvalue weighted by molar-refractivity contribution is 1.36. The molecule has 0 aliphatic heterocycles. The fraction of sp³-hybridized carbons (Fsp3) is 0.143. The van der Waals surface area contributed by atoms with Gasteiger partial charge in [-0.25, -0.2) is 0 Å². The third-order valence-corrected chi connectivity index (χ3v) is 6.04. The number of aromatic amines is 1. The molecule has 2 aromatic heterocycles. The lowest BCUT2D eigenvalue weighted by atomic mass is 10.1. The highest BCUT2D eigenvalue weighted by Gasteiger charge is 2.03. The minimum absolute atomic E-state index is 0. The van der Waals surface area contributed by atoms with E-state index in [0.717, 1.165) is 41.3 Å². The Morgan fingerprint density at radius 2 is 1.59 bits per heavy atom. The van der Waals surface area contributed by atoms with Gasteiger partial charge in [0.25, 0.3) is 0 Å². The molecule has 0 fully saturated rings. The molecule has 0 unspecified atom stereocenters. The molecular formula is C21H19Br2ClN2O. The van der Waals surface area contributed by atoms with Crippen LogP contribution in [0.5, 0.6) is 0 Å². The van der Waals surface area contributed by atoms with Crippen molar-refractivity contribution in [2.75, 3.05) is 0 Å². The van der Waals surface area contributed by atoms with Crippen molar-refractivity contribution in [2.24, 2.45) is 0 Å². The van der Waals surface area contributed by atoms with Crippen molar-refractivity contribution < 1.29 is 0 Å². The highest BCUT2D eigenvalue weighted by atomic mass is 79.9. The molecule has 6 heteroatoms. The highest BCUT2D eigenvalue weighted by molar-refractivity contribution is 9.10. The fourth-order valence-electron chi connectivity index (χ4n) is 2.54. The Morgan fingerprint density at radius 3 is 2.30 bits per heavy atom. The van der Waals surface area contributed by atoms with E-state index in [0.29, 0.717) is 0 Å². The number of halogens is 3. The minimum Gasteiger partial charge on any atom is -0.361 e. The van der Waals surface area contributed by atoms with Crippen molar-refractivity contribution in [3.63, 3.8) is 0 Å². The zero-order valence-electron chi connectivity index (χ0n) is 14.1. The summed E-state index contributed by atoms with van der Waals surface area (Å²) in [5.41, 5.74) is 4.09. The highest BCUT2D eigenvalue weighted by Crippen LogP contribution is 2.27. The molecule has 0 radical (unpaired) electrons.